The fraction of sp³-hybridized carbons (Fsp3) is 0.229. The summed E-state index contributed by atoms with van der Waals surface area (Å²) in [4.78, 5) is 130. The topological polar surface area (TPSA) is 551 Å². The SMILES string of the molecule is CNc1nc(=O)n(C)cc1C.Cc1cn(C)c(=O)[nH]c1=O.Cn1ccc(=O)[nH]c1=O.Cn1cnc2c(=O)[nH]c(N)nc21.Cn1cnc2c(Cl)nc(N)nc21.Cn1cnc2c(N)nc(N)nc21.Cn1cnc2c(N)ncnc21.Cn1cnc2cnc(N)nc21. The molecule has 88 heavy (non-hydrogen) atoms. The average Bonchev–Trinajstić information content (AvgIpc) is 3.90. The second-order valence-corrected chi connectivity index (χ2v) is 18.6. The van der Waals surface area contributed by atoms with Gasteiger partial charge in [-0.25, -0.2) is 54.3 Å². The van der Waals surface area contributed by atoms with E-state index in [1.165, 1.54) is 44.8 Å². The minimum absolute atomic E-state index is 0.108. The molecule has 0 aliphatic carbocycles. The summed E-state index contributed by atoms with van der Waals surface area (Å²) in [7, 11) is 15.7. The van der Waals surface area contributed by atoms with Crippen LogP contribution in [-0.2, 0) is 56.4 Å². The molecule has 0 fully saturated rings. The molecule has 16 N–H and O–H groups in total. The standard InChI is InChI=1S/C7H11N3O.C6H6ClN5.C6H8N6.C6H7N5O.2C6H7N5.C6H8N2O2.C5H6N2O2/c1-5-4-10(3)7(11)9-6(5)8-2;2*1-12-2-9-3-4(7)10-6(8)11-5(3)12;1-11-2-8-3-4(11)9-6(7)10-5(3)12;1-11-3-10-4-5(7)8-2-9-6(4)11;1-11-3-9-4-2-8-6(7)10-5(4)11;1-4-3-8(2)6(10)7-5(4)9;1-7-3-2-4(8)6-5(7)9/h4H,1-3H3,(H,8,9,11);2H,1H3,(H2,8,10,11);2H,1H3,(H4,7,8,10,11);2H,1H3,(H3,7,9,10,12);2-3H,1H3,(H2,7,8,9);2-3H,1H3,(H2,7,8,10);3H,1-2H3,(H,7,9,10);2-3H,1H3,(H,6,8,9). The number of aromatic nitrogens is 26. The molecule has 0 aliphatic rings. The lowest BCUT2D eigenvalue weighted by Crippen LogP contribution is -2.28. The van der Waals surface area contributed by atoms with Crippen LogP contribution in [0.4, 0.5) is 41.2 Å². The molecule has 0 saturated heterocycles. The predicted molar refractivity (Wildman–Crippen MR) is 329 cm³/mol. The van der Waals surface area contributed by atoms with Crippen LogP contribution in [-0.4, -0.2) is 133 Å². The fourth-order valence-electron chi connectivity index (χ4n) is 7.06. The minimum Gasteiger partial charge on any atom is -0.382 e. The third kappa shape index (κ3) is 16.3. The van der Waals surface area contributed by atoms with Crippen LogP contribution >= 0.6 is 11.6 Å². The first kappa shape index (κ1) is 64.8. The molecule has 0 atom stereocenters. The van der Waals surface area contributed by atoms with Gasteiger partial charge in [0.2, 0.25) is 23.8 Å². The van der Waals surface area contributed by atoms with E-state index < -0.39 is 0 Å². The molecule has 460 valence electrons. The highest BCUT2D eigenvalue weighted by molar-refractivity contribution is 6.33. The maximum absolute atomic E-state index is 11.2. The number of aromatic amines is 3. The number of hydrogen-bond acceptors (Lipinski definition) is 28. The second kappa shape index (κ2) is 28.3. The number of hydrogen-bond donors (Lipinski definition) is 10. The van der Waals surface area contributed by atoms with Crippen molar-refractivity contribution in [2.45, 2.75) is 13.8 Å². The molecule has 39 nitrogen and oxygen atoms in total. The van der Waals surface area contributed by atoms with Gasteiger partial charge in [0.05, 0.1) is 37.8 Å². The molecule has 0 amide bonds. The third-order valence-corrected chi connectivity index (χ3v) is 11.8. The maximum Gasteiger partial charge on any atom is 0.349 e. The Kier molecular flexibility index (Phi) is 20.9. The van der Waals surface area contributed by atoms with Crippen molar-refractivity contribution in [3.8, 4) is 0 Å². The van der Waals surface area contributed by atoms with Gasteiger partial charge < -0.3 is 76.3 Å². The fourth-order valence-corrected chi connectivity index (χ4v) is 7.28. The van der Waals surface area contributed by atoms with Gasteiger partial charge >= 0.3 is 17.1 Å². The summed E-state index contributed by atoms with van der Waals surface area (Å²) in [6, 6.07) is 1.29. The Balaban J connectivity index is 0.000000161. The predicted octanol–water partition coefficient (Wildman–Crippen LogP) is -2.16. The van der Waals surface area contributed by atoms with Crippen molar-refractivity contribution in [2.75, 3.05) is 46.8 Å². The van der Waals surface area contributed by atoms with E-state index >= 15 is 0 Å². The Labute approximate surface area is 497 Å². The van der Waals surface area contributed by atoms with Crippen molar-refractivity contribution in [1.82, 2.24) is 126 Å². The van der Waals surface area contributed by atoms with E-state index in [0.717, 1.165) is 22.4 Å². The lowest BCUT2D eigenvalue weighted by molar-refractivity contribution is 0.789. The lowest BCUT2D eigenvalue weighted by atomic mass is 10.3. The van der Waals surface area contributed by atoms with E-state index in [4.69, 9.17) is 46.0 Å². The molecule has 0 radical (unpaired) electrons. The highest BCUT2D eigenvalue weighted by Crippen LogP contribution is 2.19. The number of rotatable bonds is 1. The summed E-state index contributed by atoms with van der Waals surface area (Å²) in [5, 5.41) is 3.13. The Morgan fingerprint density at radius 1 is 0.455 bits per heavy atom. The van der Waals surface area contributed by atoms with Crippen LogP contribution in [0.1, 0.15) is 11.1 Å². The Morgan fingerprint density at radius 3 is 1.56 bits per heavy atom. The molecular formula is C48H60ClN33O6. The van der Waals surface area contributed by atoms with Crippen LogP contribution < -0.4 is 73.5 Å². The second-order valence-electron chi connectivity index (χ2n) is 18.3. The summed E-state index contributed by atoms with van der Waals surface area (Å²) in [6.07, 6.45) is 15.8. The van der Waals surface area contributed by atoms with Crippen molar-refractivity contribution in [3.63, 3.8) is 0 Å². The monoisotopic (exact) mass is 1230 g/mol. The van der Waals surface area contributed by atoms with Gasteiger partial charge in [-0.1, -0.05) is 11.6 Å². The quantitative estimate of drug-likeness (QED) is 0.0783. The zero-order valence-corrected chi connectivity index (χ0v) is 49.7. The smallest absolute Gasteiger partial charge is 0.349 e. The Hall–Kier alpha value is -12.3. The average molecular weight is 1230 g/mol. The van der Waals surface area contributed by atoms with Crippen LogP contribution in [0.5, 0.6) is 0 Å². The van der Waals surface area contributed by atoms with Gasteiger partial charge in [-0.3, -0.25) is 29.3 Å². The number of aryl methyl sites for hydroxylation is 10. The van der Waals surface area contributed by atoms with Crippen molar-refractivity contribution in [3.05, 3.63) is 148 Å². The van der Waals surface area contributed by atoms with Crippen LogP contribution in [0, 0.1) is 13.8 Å². The molecule has 13 aromatic rings. The van der Waals surface area contributed by atoms with Crippen LogP contribution in [0.2, 0.25) is 5.15 Å². The van der Waals surface area contributed by atoms with Crippen LogP contribution in [0.15, 0.2) is 97.6 Å². The highest BCUT2D eigenvalue weighted by Gasteiger charge is 2.10. The molecule has 0 aliphatic heterocycles. The van der Waals surface area contributed by atoms with Crippen LogP contribution in [0.3, 0.4) is 0 Å². The molecule has 13 rings (SSSR count). The number of H-pyrrole nitrogens is 3. The summed E-state index contributed by atoms with van der Waals surface area (Å²) in [6.45, 7) is 3.55. The van der Waals surface area contributed by atoms with E-state index in [1.807, 2.05) is 35.1 Å². The number of nitrogens with two attached hydrogens (primary N) is 6. The first-order valence-electron chi connectivity index (χ1n) is 25.1. The van der Waals surface area contributed by atoms with Crippen molar-refractivity contribution in [2.24, 2.45) is 56.4 Å². The molecule has 13 aromatic heterocycles. The molecular weight excluding hydrogens is 1170 g/mol. The van der Waals surface area contributed by atoms with E-state index in [2.05, 4.69) is 95.0 Å². The van der Waals surface area contributed by atoms with E-state index in [9.17, 15) is 28.8 Å². The highest BCUT2D eigenvalue weighted by atomic mass is 35.5. The van der Waals surface area contributed by atoms with Gasteiger partial charge in [0.15, 0.2) is 50.5 Å². The van der Waals surface area contributed by atoms with Gasteiger partial charge in [-0.15, -0.1) is 0 Å². The van der Waals surface area contributed by atoms with Gasteiger partial charge in [0.1, 0.15) is 34.2 Å². The van der Waals surface area contributed by atoms with E-state index in [-0.39, 0.29) is 62.7 Å². The normalized spacial score (nSPS) is 10.4. The zero-order valence-electron chi connectivity index (χ0n) is 48.9. The summed E-state index contributed by atoms with van der Waals surface area (Å²) >= 11 is 5.77. The maximum atomic E-state index is 11.2. The Morgan fingerprint density at radius 2 is 0.966 bits per heavy atom. The number of nitrogens with one attached hydrogen (secondary N) is 4. The number of imidazole rings is 5. The number of fused-ring (bicyclic) bond motifs is 5. The summed E-state index contributed by atoms with van der Waals surface area (Å²) < 4.78 is 12.8. The van der Waals surface area contributed by atoms with Crippen molar-refractivity contribution in [1.29, 1.82) is 0 Å². The first-order chi connectivity index (χ1) is 41.6. The van der Waals surface area contributed by atoms with E-state index in [0.29, 0.717) is 62.0 Å². The number of nitrogens with zero attached hydrogens (tertiary/aromatic N) is 23. The molecule has 13 heterocycles. The van der Waals surface area contributed by atoms with Gasteiger partial charge in [0, 0.05) is 99.2 Å². The summed E-state index contributed by atoms with van der Waals surface area (Å²) in [5.41, 5.74) is 38.4. The summed E-state index contributed by atoms with van der Waals surface area (Å²) in [5.74, 6) is 2.11. The van der Waals surface area contributed by atoms with Crippen molar-refractivity contribution >= 4 is 109 Å². The zero-order chi connectivity index (χ0) is 64.8. The van der Waals surface area contributed by atoms with Crippen molar-refractivity contribution < 1.29 is 0 Å². The molecule has 0 saturated carbocycles. The van der Waals surface area contributed by atoms with E-state index in [1.54, 1.807) is 103 Å². The van der Waals surface area contributed by atoms with Gasteiger partial charge in [-0.2, -0.15) is 34.9 Å². The van der Waals surface area contributed by atoms with Gasteiger partial charge in [0.25, 0.3) is 16.7 Å². The molecule has 0 aromatic carbocycles. The number of anilines is 7. The molecule has 0 spiro atoms. The number of nitrogen functional groups attached to an aromatic ring is 6. The van der Waals surface area contributed by atoms with Gasteiger partial charge in [-0.05, 0) is 13.8 Å². The minimum atomic E-state index is -0.387. The molecule has 0 bridgehead atoms. The Bertz CT molecular complexity index is 4840. The molecule has 0 unspecified atom stereocenters. The number of halogens is 1. The first-order valence-corrected chi connectivity index (χ1v) is 25.4. The largest absolute Gasteiger partial charge is 0.382 e. The lowest BCUT2D eigenvalue weighted by Gasteiger charge is -2.03. The molecule has 40 heteroatoms. The van der Waals surface area contributed by atoms with Crippen LogP contribution in [0.25, 0.3) is 55.8 Å². The third-order valence-electron chi connectivity index (χ3n) is 11.5.